The van der Waals surface area contributed by atoms with Crippen LogP contribution in [0.2, 0.25) is 10.0 Å². The van der Waals surface area contributed by atoms with Crippen LogP contribution < -0.4 is 5.32 Å². The molecule has 1 amide bonds. The topological polar surface area (TPSA) is 29.1 Å². The number of rotatable bonds is 6. The average molecular weight is 288 g/mol. The van der Waals surface area contributed by atoms with E-state index in [-0.39, 0.29) is 11.8 Å². The van der Waals surface area contributed by atoms with Crippen molar-refractivity contribution in [1.29, 1.82) is 0 Å². The summed E-state index contributed by atoms with van der Waals surface area (Å²) < 4.78 is 0. The molecule has 0 spiro atoms. The molecular formula is C14H19Cl2NO. The zero-order chi connectivity index (χ0) is 13.5. The summed E-state index contributed by atoms with van der Waals surface area (Å²) in [5, 5.41) is 3.91. The van der Waals surface area contributed by atoms with Crippen molar-refractivity contribution in [3.8, 4) is 0 Å². The molecule has 0 aliphatic rings. The van der Waals surface area contributed by atoms with Gasteiger partial charge in [-0.2, -0.15) is 0 Å². The Morgan fingerprint density at radius 2 is 2.06 bits per heavy atom. The number of amides is 1. The molecule has 0 aromatic heterocycles. The molecule has 1 aromatic carbocycles. The fraction of sp³-hybridized carbons (Fsp3) is 0.500. The first-order valence-electron chi connectivity index (χ1n) is 6.34. The zero-order valence-electron chi connectivity index (χ0n) is 10.8. The standard InChI is InChI=1S/C14H19Cl2NO/c1-3-5-6-10(4-2)14(18)17-13-8-7-11(15)9-12(13)16/h7-10H,3-6H2,1-2H3,(H,17,18). The first kappa shape index (κ1) is 15.3. The number of nitrogens with one attached hydrogen (secondary N) is 1. The highest BCUT2D eigenvalue weighted by molar-refractivity contribution is 6.36. The Bertz CT molecular complexity index is 407. The number of halogens is 2. The molecule has 0 bridgehead atoms. The highest BCUT2D eigenvalue weighted by Crippen LogP contribution is 2.26. The number of carbonyl (C=O) groups excluding carboxylic acids is 1. The lowest BCUT2D eigenvalue weighted by molar-refractivity contribution is -0.120. The van der Waals surface area contributed by atoms with Crippen LogP contribution in [0.3, 0.4) is 0 Å². The number of anilines is 1. The molecule has 1 unspecified atom stereocenters. The predicted octanol–water partition coefficient (Wildman–Crippen LogP) is 5.15. The van der Waals surface area contributed by atoms with Crippen molar-refractivity contribution in [3.05, 3.63) is 28.2 Å². The summed E-state index contributed by atoms with van der Waals surface area (Å²) in [7, 11) is 0. The predicted molar refractivity (Wildman–Crippen MR) is 78.4 cm³/mol. The molecule has 1 aromatic rings. The van der Waals surface area contributed by atoms with E-state index < -0.39 is 0 Å². The van der Waals surface area contributed by atoms with Crippen molar-refractivity contribution in [1.82, 2.24) is 0 Å². The van der Waals surface area contributed by atoms with Gasteiger partial charge in [-0.1, -0.05) is 49.9 Å². The largest absolute Gasteiger partial charge is 0.325 e. The maximum Gasteiger partial charge on any atom is 0.227 e. The Kier molecular flexibility index (Phi) is 6.51. The van der Waals surface area contributed by atoms with E-state index in [0.717, 1.165) is 25.7 Å². The van der Waals surface area contributed by atoms with Crippen LogP contribution in [0, 0.1) is 5.92 Å². The summed E-state index contributed by atoms with van der Waals surface area (Å²) >= 11 is 11.8. The number of hydrogen-bond acceptors (Lipinski definition) is 1. The summed E-state index contributed by atoms with van der Waals surface area (Å²) in [4.78, 5) is 12.1. The lowest BCUT2D eigenvalue weighted by atomic mass is 9.98. The van der Waals surface area contributed by atoms with Crippen molar-refractivity contribution in [2.75, 3.05) is 5.32 Å². The number of hydrogen-bond donors (Lipinski definition) is 1. The van der Waals surface area contributed by atoms with E-state index in [2.05, 4.69) is 12.2 Å². The monoisotopic (exact) mass is 287 g/mol. The van der Waals surface area contributed by atoms with E-state index in [1.54, 1.807) is 18.2 Å². The normalized spacial score (nSPS) is 12.2. The van der Waals surface area contributed by atoms with E-state index in [9.17, 15) is 4.79 Å². The molecule has 2 nitrogen and oxygen atoms in total. The second-order valence-electron chi connectivity index (χ2n) is 4.36. The molecule has 1 N–H and O–H groups in total. The SMILES string of the molecule is CCCCC(CC)C(=O)Nc1ccc(Cl)cc1Cl. The summed E-state index contributed by atoms with van der Waals surface area (Å²) in [5.41, 5.74) is 0.626. The quantitative estimate of drug-likeness (QED) is 0.770. The van der Waals surface area contributed by atoms with Crippen LogP contribution in [-0.4, -0.2) is 5.91 Å². The minimum absolute atomic E-state index is 0.0372. The molecule has 0 saturated heterocycles. The molecule has 1 atom stereocenters. The Labute approximate surface area is 119 Å². The highest BCUT2D eigenvalue weighted by atomic mass is 35.5. The molecule has 1 rings (SSSR count). The third-order valence-corrected chi connectivity index (χ3v) is 3.51. The molecule has 0 aliphatic heterocycles. The molecule has 0 heterocycles. The maximum atomic E-state index is 12.1. The van der Waals surface area contributed by atoms with Crippen molar-refractivity contribution >= 4 is 34.8 Å². The van der Waals surface area contributed by atoms with E-state index in [0.29, 0.717) is 15.7 Å². The first-order chi connectivity index (χ1) is 8.58. The molecule has 4 heteroatoms. The summed E-state index contributed by atoms with van der Waals surface area (Å²) in [6.07, 6.45) is 3.94. The van der Waals surface area contributed by atoms with E-state index in [1.807, 2.05) is 6.92 Å². The Balaban J connectivity index is 2.67. The lowest BCUT2D eigenvalue weighted by Gasteiger charge is -2.15. The Morgan fingerprint density at radius 3 is 2.61 bits per heavy atom. The van der Waals surface area contributed by atoms with Crippen LogP contribution in [0.25, 0.3) is 0 Å². The maximum absolute atomic E-state index is 12.1. The molecule has 0 saturated carbocycles. The molecule has 0 aliphatic carbocycles. The fourth-order valence-electron chi connectivity index (χ4n) is 1.80. The summed E-state index contributed by atoms with van der Waals surface area (Å²) in [6, 6.07) is 5.08. The van der Waals surface area contributed by atoms with E-state index >= 15 is 0 Å². The second-order valence-corrected chi connectivity index (χ2v) is 5.20. The second kappa shape index (κ2) is 7.65. The van der Waals surface area contributed by atoms with Gasteiger partial charge in [-0.3, -0.25) is 4.79 Å². The number of benzene rings is 1. The third kappa shape index (κ3) is 4.51. The van der Waals surface area contributed by atoms with Crippen molar-refractivity contribution in [3.63, 3.8) is 0 Å². The smallest absolute Gasteiger partial charge is 0.227 e. The van der Waals surface area contributed by atoms with Gasteiger partial charge in [-0.25, -0.2) is 0 Å². The first-order valence-corrected chi connectivity index (χ1v) is 7.10. The number of unbranched alkanes of at least 4 members (excludes halogenated alkanes) is 1. The molecule has 0 radical (unpaired) electrons. The van der Waals surface area contributed by atoms with Gasteiger partial charge < -0.3 is 5.32 Å². The van der Waals surface area contributed by atoms with Gasteiger partial charge in [0.15, 0.2) is 0 Å². The van der Waals surface area contributed by atoms with Gasteiger partial charge in [0.05, 0.1) is 10.7 Å². The van der Waals surface area contributed by atoms with Crippen molar-refractivity contribution in [2.45, 2.75) is 39.5 Å². The van der Waals surface area contributed by atoms with Gasteiger partial charge >= 0.3 is 0 Å². The van der Waals surface area contributed by atoms with Crippen LogP contribution >= 0.6 is 23.2 Å². The van der Waals surface area contributed by atoms with Crippen LogP contribution in [0.15, 0.2) is 18.2 Å². The van der Waals surface area contributed by atoms with Crippen LogP contribution in [0.5, 0.6) is 0 Å². The van der Waals surface area contributed by atoms with Gasteiger partial charge in [0.1, 0.15) is 0 Å². The Hall–Kier alpha value is -0.730. The fourth-order valence-corrected chi connectivity index (χ4v) is 2.25. The van der Waals surface area contributed by atoms with Gasteiger partial charge in [0.25, 0.3) is 0 Å². The zero-order valence-corrected chi connectivity index (χ0v) is 12.3. The van der Waals surface area contributed by atoms with Gasteiger partial charge in [-0.15, -0.1) is 0 Å². The minimum Gasteiger partial charge on any atom is -0.325 e. The molecule has 0 fully saturated rings. The van der Waals surface area contributed by atoms with E-state index in [1.165, 1.54) is 0 Å². The van der Waals surface area contributed by atoms with Crippen molar-refractivity contribution < 1.29 is 4.79 Å². The summed E-state index contributed by atoms with van der Waals surface area (Å²) in [5.74, 6) is 0.0897. The highest BCUT2D eigenvalue weighted by Gasteiger charge is 2.16. The molecule has 18 heavy (non-hydrogen) atoms. The molecular weight excluding hydrogens is 269 g/mol. The Morgan fingerprint density at radius 1 is 1.33 bits per heavy atom. The third-order valence-electron chi connectivity index (χ3n) is 2.96. The van der Waals surface area contributed by atoms with Crippen LogP contribution in [0.4, 0.5) is 5.69 Å². The van der Waals surface area contributed by atoms with Gasteiger partial charge in [-0.05, 0) is 31.0 Å². The minimum atomic E-state index is 0.0372. The van der Waals surface area contributed by atoms with Crippen LogP contribution in [-0.2, 0) is 4.79 Å². The van der Waals surface area contributed by atoms with Gasteiger partial charge in [0.2, 0.25) is 5.91 Å². The van der Waals surface area contributed by atoms with Crippen molar-refractivity contribution in [2.24, 2.45) is 5.92 Å². The number of carbonyl (C=O) groups is 1. The molecule has 100 valence electrons. The average Bonchev–Trinajstić information content (AvgIpc) is 2.34. The lowest BCUT2D eigenvalue weighted by Crippen LogP contribution is -2.22. The van der Waals surface area contributed by atoms with E-state index in [4.69, 9.17) is 23.2 Å². The van der Waals surface area contributed by atoms with Gasteiger partial charge in [0, 0.05) is 10.9 Å². The van der Waals surface area contributed by atoms with Crippen LogP contribution in [0.1, 0.15) is 39.5 Å². The summed E-state index contributed by atoms with van der Waals surface area (Å²) in [6.45, 7) is 4.16.